The molecule has 0 fully saturated rings. The molecule has 1 aromatic carbocycles. The van der Waals surface area contributed by atoms with Crippen LogP contribution in [0.5, 0.6) is 0 Å². The molecule has 3 N–H and O–H groups in total. The number of nitrogens with zero attached hydrogens (tertiary/aromatic N) is 1. The molecular weight excluding hydrogens is 362 g/mol. The van der Waals surface area contributed by atoms with Crippen molar-refractivity contribution in [3.05, 3.63) is 28.8 Å². The Labute approximate surface area is 148 Å². The van der Waals surface area contributed by atoms with Crippen LogP contribution in [0.15, 0.2) is 0 Å². The second-order valence-corrected chi connectivity index (χ2v) is 7.00. The van der Waals surface area contributed by atoms with E-state index in [-0.39, 0.29) is 6.54 Å². The van der Waals surface area contributed by atoms with Crippen LogP contribution in [0.4, 0.5) is 23.2 Å². The van der Waals surface area contributed by atoms with Gasteiger partial charge in [0.05, 0.1) is 40.8 Å². The van der Waals surface area contributed by atoms with Gasteiger partial charge in [0.25, 0.3) is 5.91 Å². The number of nitrogens with two attached hydrogens (primary N) is 1. The van der Waals surface area contributed by atoms with Crippen molar-refractivity contribution in [2.75, 3.05) is 52.3 Å². The van der Waals surface area contributed by atoms with Crippen molar-refractivity contribution in [1.29, 1.82) is 0 Å². The summed E-state index contributed by atoms with van der Waals surface area (Å²) in [6.45, 7) is 1.34. The van der Waals surface area contributed by atoms with Gasteiger partial charge >= 0.3 is 0 Å². The molecule has 0 unspecified atom stereocenters. The smallest absolute Gasteiger partial charge is 0.257 e. The van der Waals surface area contributed by atoms with Gasteiger partial charge in [-0.3, -0.25) is 4.79 Å². The van der Waals surface area contributed by atoms with E-state index in [0.717, 1.165) is 18.7 Å². The second kappa shape index (κ2) is 9.25. The average molecular weight is 384 g/mol. The number of hydrogen-bond donors (Lipinski definition) is 2. The highest BCUT2D eigenvalue weighted by molar-refractivity contribution is 7.94. The third-order valence-electron chi connectivity index (χ3n) is 3.64. The maximum absolute atomic E-state index is 13.7. The van der Waals surface area contributed by atoms with E-state index in [1.165, 1.54) is 12.0 Å². The molecule has 0 aliphatic rings. The normalized spacial score (nSPS) is 11.6. The largest absolute Gasteiger partial charge is 0.394 e. The fourth-order valence-corrected chi connectivity index (χ4v) is 2.57. The molecule has 142 valence electrons. The summed E-state index contributed by atoms with van der Waals surface area (Å²) in [6.07, 6.45) is 0.872. The SMILES string of the molecule is COSCCC[N+](C)(C)CCNC(=O)c1c(F)c(F)c(N)c(F)c1F. The summed E-state index contributed by atoms with van der Waals surface area (Å²) in [6, 6.07) is 0. The van der Waals surface area contributed by atoms with Crippen molar-refractivity contribution in [1.82, 2.24) is 5.32 Å². The number of nitrogen functional groups attached to an aromatic ring is 1. The van der Waals surface area contributed by atoms with Crippen LogP contribution in [0.2, 0.25) is 0 Å². The number of quaternary nitrogens is 1. The third kappa shape index (κ3) is 5.75. The van der Waals surface area contributed by atoms with Gasteiger partial charge in [0, 0.05) is 12.2 Å². The van der Waals surface area contributed by atoms with Gasteiger partial charge in [-0.2, -0.15) is 0 Å². The molecule has 0 atom stereocenters. The molecule has 5 nitrogen and oxygen atoms in total. The van der Waals surface area contributed by atoms with E-state index in [0.29, 0.717) is 11.0 Å². The van der Waals surface area contributed by atoms with Crippen molar-refractivity contribution < 1.29 is 31.0 Å². The number of likely N-dealkylation sites (N-methyl/N-ethyl adjacent to an activating group) is 1. The zero-order valence-corrected chi connectivity index (χ0v) is 15.1. The van der Waals surface area contributed by atoms with Crippen LogP contribution >= 0.6 is 12.0 Å². The lowest BCUT2D eigenvalue weighted by Crippen LogP contribution is -2.46. The second-order valence-electron chi connectivity index (χ2n) is 6.03. The minimum atomic E-state index is -1.81. The highest BCUT2D eigenvalue weighted by Gasteiger charge is 2.28. The first-order valence-corrected chi connectivity index (χ1v) is 8.40. The standard InChI is InChI=1S/C15H21F4N3O2S/c1-22(2,6-4-8-25-24-3)7-5-21-15(23)9-10(16)12(18)14(20)13(19)11(9)17/h4-8H2,1-3H3,(H2-,20,21,23)/p+1. The molecule has 0 radical (unpaired) electrons. The molecule has 1 amide bonds. The quantitative estimate of drug-likeness (QED) is 0.171. The fourth-order valence-electron chi connectivity index (χ4n) is 2.16. The number of halogens is 4. The van der Waals surface area contributed by atoms with Crippen molar-refractivity contribution in [3.63, 3.8) is 0 Å². The van der Waals surface area contributed by atoms with Crippen molar-refractivity contribution in [2.24, 2.45) is 0 Å². The summed E-state index contributed by atoms with van der Waals surface area (Å²) >= 11 is 1.34. The van der Waals surface area contributed by atoms with Gasteiger partial charge < -0.3 is 19.7 Å². The Hall–Kier alpha value is -1.52. The van der Waals surface area contributed by atoms with Gasteiger partial charge in [0.2, 0.25) is 0 Å². The van der Waals surface area contributed by atoms with Crippen LogP contribution in [0.3, 0.4) is 0 Å². The lowest BCUT2D eigenvalue weighted by molar-refractivity contribution is -0.889. The lowest BCUT2D eigenvalue weighted by Gasteiger charge is -2.29. The maximum Gasteiger partial charge on any atom is 0.257 e. The topological polar surface area (TPSA) is 64.3 Å². The van der Waals surface area contributed by atoms with E-state index in [4.69, 9.17) is 9.92 Å². The zero-order chi connectivity index (χ0) is 19.2. The first kappa shape index (κ1) is 21.5. The summed E-state index contributed by atoms with van der Waals surface area (Å²) in [5.74, 6) is -7.60. The van der Waals surface area contributed by atoms with E-state index in [1.54, 1.807) is 7.11 Å². The van der Waals surface area contributed by atoms with Crippen LogP contribution in [0, 0.1) is 23.3 Å². The van der Waals surface area contributed by atoms with Gasteiger partial charge in [0.1, 0.15) is 11.3 Å². The average Bonchev–Trinajstić information content (AvgIpc) is 2.55. The Morgan fingerprint density at radius 2 is 1.68 bits per heavy atom. The predicted molar refractivity (Wildman–Crippen MR) is 88.9 cm³/mol. The van der Waals surface area contributed by atoms with Crippen LogP contribution in [0.25, 0.3) is 0 Å². The van der Waals surface area contributed by atoms with Gasteiger partial charge in [-0.15, -0.1) is 0 Å². The molecule has 0 spiro atoms. The summed E-state index contributed by atoms with van der Waals surface area (Å²) < 4.78 is 59.7. The Morgan fingerprint density at radius 1 is 1.12 bits per heavy atom. The molecule has 0 saturated carbocycles. The molecular formula is C15H22F4N3O2S+. The van der Waals surface area contributed by atoms with E-state index in [2.05, 4.69) is 5.32 Å². The van der Waals surface area contributed by atoms with E-state index < -0.39 is 40.4 Å². The summed E-state index contributed by atoms with van der Waals surface area (Å²) in [4.78, 5) is 11.9. The number of carbonyl (C=O) groups is 1. The molecule has 25 heavy (non-hydrogen) atoms. The Balaban J connectivity index is 2.66. The van der Waals surface area contributed by atoms with E-state index in [1.807, 2.05) is 14.1 Å². The predicted octanol–water partition coefficient (Wildman–Crippen LogP) is 2.32. The molecule has 0 aliphatic carbocycles. The molecule has 0 heterocycles. The summed E-state index contributed by atoms with van der Waals surface area (Å²) in [5, 5.41) is 2.27. The first-order chi connectivity index (χ1) is 11.6. The van der Waals surface area contributed by atoms with E-state index >= 15 is 0 Å². The Morgan fingerprint density at radius 3 is 2.20 bits per heavy atom. The number of anilines is 1. The van der Waals surface area contributed by atoms with Crippen molar-refractivity contribution in [3.8, 4) is 0 Å². The molecule has 1 aromatic rings. The molecule has 10 heteroatoms. The van der Waals surface area contributed by atoms with Gasteiger partial charge in [0.15, 0.2) is 23.3 Å². The molecule has 0 aromatic heterocycles. The fraction of sp³-hybridized carbons (Fsp3) is 0.533. The number of carbonyl (C=O) groups excluding carboxylic acids is 1. The first-order valence-electron chi connectivity index (χ1n) is 7.49. The van der Waals surface area contributed by atoms with Gasteiger partial charge in [-0.1, -0.05) is 0 Å². The summed E-state index contributed by atoms with van der Waals surface area (Å²) in [5.41, 5.74) is 2.30. The monoisotopic (exact) mass is 384 g/mol. The Kier molecular flexibility index (Phi) is 7.97. The van der Waals surface area contributed by atoms with Gasteiger partial charge in [-0.25, -0.2) is 17.6 Å². The zero-order valence-electron chi connectivity index (χ0n) is 14.3. The number of hydrogen-bond acceptors (Lipinski definition) is 4. The van der Waals surface area contributed by atoms with Crippen LogP contribution < -0.4 is 11.1 Å². The lowest BCUT2D eigenvalue weighted by atomic mass is 10.1. The van der Waals surface area contributed by atoms with Crippen molar-refractivity contribution >= 4 is 23.6 Å². The van der Waals surface area contributed by atoms with Gasteiger partial charge in [-0.05, 0) is 12.0 Å². The number of nitrogens with one attached hydrogen (secondary N) is 1. The summed E-state index contributed by atoms with van der Waals surface area (Å²) in [7, 11) is 5.43. The van der Waals surface area contributed by atoms with E-state index in [9.17, 15) is 22.4 Å². The van der Waals surface area contributed by atoms with Crippen molar-refractivity contribution in [2.45, 2.75) is 6.42 Å². The third-order valence-corrected chi connectivity index (χ3v) is 4.33. The molecule has 0 saturated heterocycles. The van der Waals surface area contributed by atoms with Crippen LogP contribution in [0.1, 0.15) is 16.8 Å². The highest BCUT2D eigenvalue weighted by Crippen LogP contribution is 2.25. The number of rotatable bonds is 9. The molecule has 0 bridgehead atoms. The highest BCUT2D eigenvalue weighted by atomic mass is 32.2. The number of benzene rings is 1. The Bertz CT molecular complexity index is 600. The number of amides is 1. The molecule has 0 aliphatic heterocycles. The minimum absolute atomic E-state index is 0.0791. The van der Waals surface area contributed by atoms with Crippen LogP contribution in [-0.4, -0.2) is 57.0 Å². The maximum atomic E-state index is 13.7. The van der Waals surface area contributed by atoms with Crippen LogP contribution in [-0.2, 0) is 4.18 Å². The minimum Gasteiger partial charge on any atom is -0.394 e. The molecule has 1 rings (SSSR count).